The zero-order chi connectivity index (χ0) is 13.0. The quantitative estimate of drug-likeness (QED) is 0.763. The van der Waals surface area contributed by atoms with Gasteiger partial charge in [-0.25, -0.2) is 4.79 Å². The van der Waals surface area contributed by atoms with Crippen molar-refractivity contribution in [1.82, 2.24) is 5.32 Å². The van der Waals surface area contributed by atoms with Crippen LogP contribution in [-0.4, -0.2) is 29.5 Å². The monoisotopic (exact) mass is 251 g/mol. The van der Waals surface area contributed by atoms with Crippen molar-refractivity contribution in [2.75, 3.05) is 0 Å². The molecular weight excluding hydrogens is 238 g/mol. The number of alkyl carbamates (subject to hydrolysis) is 1. The van der Waals surface area contributed by atoms with Gasteiger partial charge in [0.05, 0.1) is 6.42 Å². The molecule has 0 radical (unpaired) electrons. The van der Waals surface area contributed by atoms with Crippen LogP contribution in [0.1, 0.15) is 12.0 Å². The molecule has 1 aromatic rings. The molecule has 18 heavy (non-hydrogen) atoms. The molecule has 1 aliphatic rings. The molecule has 1 aromatic carbocycles. The van der Waals surface area contributed by atoms with Gasteiger partial charge < -0.3 is 19.9 Å². The van der Waals surface area contributed by atoms with Crippen molar-refractivity contribution in [3.05, 3.63) is 35.9 Å². The molecule has 0 aromatic heterocycles. The SMILES string of the molecule is O=C(CC1NC(=O)OC1O)OCc1ccccc1. The average molecular weight is 251 g/mol. The van der Waals surface area contributed by atoms with Crippen molar-refractivity contribution >= 4 is 12.1 Å². The number of aliphatic hydroxyl groups is 1. The van der Waals surface area contributed by atoms with Crippen molar-refractivity contribution < 1.29 is 24.2 Å². The molecule has 1 saturated heterocycles. The van der Waals surface area contributed by atoms with E-state index in [9.17, 15) is 14.7 Å². The van der Waals surface area contributed by atoms with Crippen molar-refractivity contribution in [3.63, 3.8) is 0 Å². The van der Waals surface area contributed by atoms with Crippen LogP contribution in [0.25, 0.3) is 0 Å². The number of carbonyl (C=O) groups excluding carboxylic acids is 2. The summed E-state index contributed by atoms with van der Waals surface area (Å²) >= 11 is 0. The van der Waals surface area contributed by atoms with Gasteiger partial charge in [-0.1, -0.05) is 30.3 Å². The Hall–Kier alpha value is -2.08. The van der Waals surface area contributed by atoms with E-state index in [-0.39, 0.29) is 13.0 Å². The van der Waals surface area contributed by atoms with E-state index in [0.29, 0.717) is 0 Å². The summed E-state index contributed by atoms with van der Waals surface area (Å²) in [6, 6.07) is 8.48. The van der Waals surface area contributed by atoms with Gasteiger partial charge in [0.1, 0.15) is 12.6 Å². The largest absolute Gasteiger partial charge is 0.461 e. The van der Waals surface area contributed by atoms with E-state index in [2.05, 4.69) is 10.1 Å². The second-order valence-electron chi connectivity index (χ2n) is 3.90. The van der Waals surface area contributed by atoms with E-state index in [4.69, 9.17) is 4.74 Å². The fourth-order valence-electron chi connectivity index (χ4n) is 1.58. The Morgan fingerprint density at radius 2 is 2.11 bits per heavy atom. The van der Waals surface area contributed by atoms with Crippen LogP contribution >= 0.6 is 0 Å². The number of esters is 1. The van der Waals surface area contributed by atoms with E-state index < -0.39 is 24.4 Å². The highest BCUT2D eigenvalue weighted by atomic mass is 16.7. The minimum absolute atomic E-state index is 0.125. The standard InChI is InChI=1S/C12H13NO5/c14-10(6-9-11(15)18-12(16)13-9)17-7-8-4-2-1-3-5-8/h1-5,9,11,15H,6-7H2,(H,13,16). The highest BCUT2D eigenvalue weighted by Gasteiger charge is 2.34. The maximum atomic E-state index is 11.5. The molecule has 1 fully saturated rings. The van der Waals surface area contributed by atoms with Gasteiger partial charge in [0.2, 0.25) is 6.29 Å². The Kier molecular flexibility index (Phi) is 3.78. The molecule has 0 spiro atoms. The predicted molar refractivity (Wildman–Crippen MR) is 60.3 cm³/mol. The van der Waals surface area contributed by atoms with E-state index in [1.807, 2.05) is 30.3 Å². The Labute approximate surface area is 104 Å². The number of ether oxygens (including phenoxy) is 2. The van der Waals surface area contributed by atoms with Crippen LogP contribution in [0, 0.1) is 0 Å². The van der Waals surface area contributed by atoms with E-state index >= 15 is 0 Å². The summed E-state index contributed by atoms with van der Waals surface area (Å²) in [5.74, 6) is -0.506. The molecular formula is C12H13NO5. The molecule has 0 saturated carbocycles. The third kappa shape index (κ3) is 3.21. The van der Waals surface area contributed by atoms with Gasteiger partial charge in [-0.3, -0.25) is 4.79 Å². The third-order valence-electron chi connectivity index (χ3n) is 2.50. The van der Waals surface area contributed by atoms with E-state index in [0.717, 1.165) is 5.56 Å². The zero-order valence-corrected chi connectivity index (χ0v) is 9.54. The summed E-state index contributed by atoms with van der Waals surface area (Å²) in [7, 11) is 0. The van der Waals surface area contributed by atoms with Crippen LogP contribution in [-0.2, 0) is 20.9 Å². The molecule has 96 valence electrons. The number of hydrogen-bond donors (Lipinski definition) is 2. The molecule has 2 unspecified atom stereocenters. The molecule has 2 N–H and O–H groups in total. The topological polar surface area (TPSA) is 84.9 Å². The maximum Gasteiger partial charge on any atom is 0.409 e. The molecule has 1 amide bonds. The number of carbonyl (C=O) groups is 2. The number of rotatable bonds is 4. The maximum absolute atomic E-state index is 11.5. The Bertz CT molecular complexity index is 433. The first-order chi connectivity index (χ1) is 8.65. The van der Waals surface area contributed by atoms with Crippen LogP contribution in [0.4, 0.5) is 4.79 Å². The number of nitrogens with one attached hydrogen (secondary N) is 1. The Morgan fingerprint density at radius 1 is 1.39 bits per heavy atom. The van der Waals surface area contributed by atoms with Crippen molar-refractivity contribution in [2.45, 2.75) is 25.4 Å². The summed E-state index contributed by atoms with van der Waals surface area (Å²) in [5.41, 5.74) is 0.873. The summed E-state index contributed by atoms with van der Waals surface area (Å²) in [4.78, 5) is 22.3. The van der Waals surface area contributed by atoms with Gasteiger partial charge in [0.25, 0.3) is 0 Å². The highest BCUT2D eigenvalue weighted by molar-refractivity contribution is 5.74. The van der Waals surface area contributed by atoms with Gasteiger partial charge in [-0.05, 0) is 5.56 Å². The Balaban J connectivity index is 1.77. The molecule has 0 bridgehead atoms. The zero-order valence-electron chi connectivity index (χ0n) is 9.54. The molecule has 2 atom stereocenters. The first-order valence-corrected chi connectivity index (χ1v) is 5.50. The lowest BCUT2D eigenvalue weighted by molar-refractivity contribution is -0.147. The Morgan fingerprint density at radius 3 is 2.72 bits per heavy atom. The van der Waals surface area contributed by atoms with Crippen LogP contribution in [0.5, 0.6) is 0 Å². The van der Waals surface area contributed by atoms with Gasteiger partial charge in [-0.15, -0.1) is 0 Å². The minimum atomic E-state index is -1.30. The summed E-state index contributed by atoms with van der Waals surface area (Å²) in [5, 5.41) is 11.6. The first-order valence-electron chi connectivity index (χ1n) is 5.50. The van der Waals surface area contributed by atoms with E-state index in [1.54, 1.807) is 0 Å². The highest BCUT2D eigenvalue weighted by Crippen LogP contribution is 2.11. The summed E-state index contributed by atoms with van der Waals surface area (Å²) in [6.07, 6.45) is -2.16. The van der Waals surface area contributed by atoms with E-state index in [1.165, 1.54) is 0 Å². The number of hydrogen-bond acceptors (Lipinski definition) is 5. The first kappa shape index (κ1) is 12.4. The molecule has 1 heterocycles. The van der Waals surface area contributed by atoms with Gasteiger partial charge >= 0.3 is 12.1 Å². The third-order valence-corrected chi connectivity index (χ3v) is 2.50. The second-order valence-corrected chi connectivity index (χ2v) is 3.90. The number of aliphatic hydroxyl groups excluding tert-OH is 1. The van der Waals surface area contributed by atoms with Gasteiger partial charge in [0, 0.05) is 0 Å². The van der Waals surface area contributed by atoms with Crippen molar-refractivity contribution in [3.8, 4) is 0 Å². The van der Waals surface area contributed by atoms with Gasteiger partial charge in [0.15, 0.2) is 0 Å². The lowest BCUT2D eigenvalue weighted by Crippen LogP contribution is -2.34. The normalized spacial score (nSPS) is 22.2. The van der Waals surface area contributed by atoms with Crippen molar-refractivity contribution in [1.29, 1.82) is 0 Å². The number of benzene rings is 1. The van der Waals surface area contributed by atoms with Crippen LogP contribution in [0.3, 0.4) is 0 Å². The molecule has 0 aliphatic carbocycles. The molecule has 6 nitrogen and oxygen atoms in total. The minimum Gasteiger partial charge on any atom is -0.461 e. The van der Waals surface area contributed by atoms with Crippen LogP contribution in [0.2, 0.25) is 0 Å². The summed E-state index contributed by atoms with van der Waals surface area (Å²) < 4.78 is 9.45. The molecule has 1 aliphatic heterocycles. The van der Waals surface area contributed by atoms with Crippen molar-refractivity contribution in [2.24, 2.45) is 0 Å². The lowest BCUT2D eigenvalue weighted by Gasteiger charge is -2.11. The fraction of sp³-hybridized carbons (Fsp3) is 0.333. The van der Waals surface area contributed by atoms with Crippen LogP contribution in [0.15, 0.2) is 30.3 Å². The molecule has 6 heteroatoms. The van der Waals surface area contributed by atoms with Gasteiger partial charge in [-0.2, -0.15) is 0 Å². The molecule has 2 rings (SSSR count). The van der Waals surface area contributed by atoms with Crippen LogP contribution < -0.4 is 5.32 Å². The smallest absolute Gasteiger partial charge is 0.409 e. The predicted octanol–water partition coefficient (Wildman–Crippen LogP) is 0.547. The number of cyclic esters (lactones) is 1. The summed E-state index contributed by atoms with van der Waals surface area (Å²) in [6.45, 7) is 0.164. The second kappa shape index (κ2) is 5.50. The lowest BCUT2D eigenvalue weighted by atomic mass is 10.2. The number of amides is 1. The fourth-order valence-corrected chi connectivity index (χ4v) is 1.58. The average Bonchev–Trinajstić information content (AvgIpc) is 2.67.